The van der Waals surface area contributed by atoms with E-state index in [0.717, 1.165) is 25.7 Å². The third-order valence-electron chi connectivity index (χ3n) is 4.30. The molecule has 2 saturated carbocycles. The van der Waals surface area contributed by atoms with Crippen molar-refractivity contribution in [1.29, 1.82) is 0 Å². The Labute approximate surface area is 110 Å². The van der Waals surface area contributed by atoms with E-state index in [1.807, 2.05) is 0 Å². The number of rotatable bonds is 2. The van der Waals surface area contributed by atoms with Gasteiger partial charge in [0.15, 0.2) is 0 Å². The van der Waals surface area contributed by atoms with Crippen LogP contribution in [0.2, 0.25) is 0 Å². The first-order chi connectivity index (χ1) is 8.63. The predicted molar refractivity (Wildman–Crippen MR) is 70.4 cm³/mol. The van der Waals surface area contributed by atoms with Crippen molar-refractivity contribution in [3.05, 3.63) is 0 Å². The summed E-state index contributed by atoms with van der Waals surface area (Å²) in [5.74, 6) is 1.34. The Balaban J connectivity index is 1.71. The molecule has 18 heavy (non-hydrogen) atoms. The maximum absolute atomic E-state index is 11.7. The molecule has 0 aromatic heterocycles. The van der Waals surface area contributed by atoms with Crippen molar-refractivity contribution >= 4 is 6.16 Å². The monoisotopic (exact) mass is 254 g/mol. The van der Waals surface area contributed by atoms with Crippen molar-refractivity contribution in [2.45, 2.75) is 77.4 Å². The van der Waals surface area contributed by atoms with Gasteiger partial charge in [-0.05, 0) is 50.4 Å². The van der Waals surface area contributed by atoms with E-state index in [1.165, 1.54) is 25.7 Å². The molecule has 0 saturated heterocycles. The first kappa shape index (κ1) is 13.7. The van der Waals surface area contributed by atoms with Gasteiger partial charge in [-0.1, -0.05) is 26.7 Å². The molecule has 104 valence electrons. The van der Waals surface area contributed by atoms with Crippen molar-refractivity contribution in [2.75, 3.05) is 0 Å². The van der Waals surface area contributed by atoms with Gasteiger partial charge in [0.05, 0.1) is 0 Å². The van der Waals surface area contributed by atoms with E-state index < -0.39 is 6.16 Å². The second kappa shape index (κ2) is 6.44. The topological polar surface area (TPSA) is 35.5 Å². The third kappa shape index (κ3) is 4.18. The summed E-state index contributed by atoms with van der Waals surface area (Å²) in [6.07, 6.45) is 8.58. The van der Waals surface area contributed by atoms with Crippen LogP contribution in [-0.4, -0.2) is 18.4 Å². The highest BCUT2D eigenvalue weighted by Gasteiger charge is 2.26. The van der Waals surface area contributed by atoms with Gasteiger partial charge in [-0.15, -0.1) is 0 Å². The maximum Gasteiger partial charge on any atom is 0.508 e. The Kier molecular flexibility index (Phi) is 4.90. The molecule has 4 atom stereocenters. The van der Waals surface area contributed by atoms with Gasteiger partial charge in [0.25, 0.3) is 0 Å². The van der Waals surface area contributed by atoms with Crippen molar-refractivity contribution in [1.82, 2.24) is 0 Å². The van der Waals surface area contributed by atoms with E-state index in [4.69, 9.17) is 9.47 Å². The normalized spacial score (nSPS) is 37.0. The molecular weight excluding hydrogens is 228 g/mol. The quantitative estimate of drug-likeness (QED) is 0.689. The molecule has 3 heteroatoms. The summed E-state index contributed by atoms with van der Waals surface area (Å²) in [7, 11) is 0. The van der Waals surface area contributed by atoms with Crippen molar-refractivity contribution in [3.8, 4) is 0 Å². The summed E-state index contributed by atoms with van der Waals surface area (Å²) < 4.78 is 10.9. The van der Waals surface area contributed by atoms with E-state index in [-0.39, 0.29) is 12.2 Å². The van der Waals surface area contributed by atoms with Gasteiger partial charge < -0.3 is 9.47 Å². The molecule has 0 spiro atoms. The zero-order valence-corrected chi connectivity index (χ0v) is 11.7. The Morgan fingerprint density at radius 1 is 0.833 bits per heavy atom. The fraction of sp³-hybridized carbons (Fsp3) is 0.933. The molecule has 2 aliphatic rings. The van der Waals surface area contributed by atoms with Gasteiger partial charge in [0.1, 0.15) is 12.2 Å². The Morgan fingerprint density at radius 3 is 1.67 bits per heavy atom. The van der Waals surface area contributed by atoms with Gasteiger partial charge in [0, 0.05) is 0 Å². The van der Waals surface area contributed by atoms with Crippen LogP contribution in [0.15, 0.2) is 0 Å². The molecule has 0 aromatic carbocycles. The van der Waals surface area contributed by atoms with E-state index in [1.54, 1.807) is 0 Å². The van der Waals surface area contributed by atoms with Crippen LogP contribution in [0.3, 0.4) is 0 Å². The summed E-state index contributed by atoms with van der Waals surface area (Å²) in [6, 6.07) is 0. The molecule has 0 aliphatic heterocycles. The van der Waals surface area contributed by atoms with Crippen LogP contribution in [0.25, 0.3) is 0 Å². The van der Waals surface area contributed by atoms with E-state index in [0.29, 0.717) is 11.8 Å². The minimum atomic E-state index is -0.437. The van der Waals surface area contributed by atoms with Crippen molar-refractivity contribution in [3.63, 3.8) is 0 Å². The first-order valence-electron chi connectivity index (χ1n) is 7.50. The highest BCUT2D eigenvalue weighted by Crippen LogP contribution is 2.28. The van der Waals surface area contributed by atoms with Crippen LogP contribution in [0, 0.1) is 11.8 Å². The lowest BCUT2D eigenvalue weighted by atomic mass is 9.88. The molecule has 0 N–H and O–H groups in total. The molecular formula is C15H26O3. The number of hydrogen-bond donors (Lipinski definition) is 0. The average molecular weight is 254 g/mol. The van der Waals surface area contributed by atoms with Crippen LogP contribution < -0.4 is 0 Å². The van der Waals surface area contributed by atoms with Crippen molar-refractivity contribution in [2.24, 2.45) is 11.8 Å². The first-order valence-corrected chi connectivity index (χ1v) is 7.50. The number of carbonyl (C=O) groups is 1. The fourth-order valence-corrected chi connectivity index (χ4v) is 3.27. The van der Waals surface area contributed by atoms with Gasteiger partial charge in [-0.3, -0.25) is 0 Å². The summed E-state index contributed by atoms with van der Waals surface area (Å²) in [4.78, 5) is 11.7. The lowest BCUT2D eigenvalue weighted by Crippen LogP contribution is -2.29. The highest BCUT2D eigenvalue weighted by molar-refractivity contribution is 5.60. The number of ether oxygens (including phenoxy) is 2. The Morgan fingerprint density at radius 2 is 1.28 bits per heavy atom. The number of carbonyl (C=O) groups excluding carboxylic acids is 1. The van der Waals surface area contributed by atoms with Crippen LogP contribution in [0.5, 0.6) is 0 Å². The van der Waals surface area contributed by atoms with E-state index in [9.17, 15) is 4.79 Å². The fourth-order valence-electron chi connectivity index (χ4n) is 3.27. The van der Waals surface area contributed by atoms with Crippen LogP contribution in [0.1, 0.15) is 65.2 Å². The Bertz CT molecular complexity index is 251. The van der Waals surface area contributed by atoms with Crippen molar-refractivity contribution < 1.29 is 14.3 Å². The largest absolute Gasteiger partial charge is 0.508 e. The minimum Gasteiger partial charge on any atom is -0.431 e. The predicted octanol–water partition coefficient (Wildman–Crippen LogP) is 4.30. The standard InChI is InChI=1S/C15H26O3/c1-11-5-3-7-13(9-11)17-15(16)18-14-8-4-6-12(2)10-14/h11-14H,3-10H2,1-2H3/t11-,12-,13+,14+/m0/s1. The molecule has 0 radical (unpaired) electrons. The maximum atomic E-state index is 11.7. The molecule has 2 rings (SSSR count). The molecule has 0 unspecified atom stereocenters. The zero-order chi connectivity index (χ0) is 13.0. The summed E-state index contributed by atoms with van der Waals surface area (Å²) >= 11 is 0. The molecule has 0 bridgehead atoms. The molecule has 0 amide bonds. The summed E-state index contributed by atoms with van der Waals surface area (Å²) in [5.41, 5.74) is 0. The molecule has 0 aromatic rings. The van der Waals surface area contributed by atoms with Crippen LogP contribution in [-0.2, 0) is 9.47 Å². The third-order valence-corrected chi connectivity index (χ3v) is 4.30. The second-order valence-electron chi connectivity index (χ2n) is 6.27. The van der Waals surface area contributed by atoms with Crippen LogP contribution >= 0.6 is 0 Å². The van der Waals surface area contributed by atoms with Gasteiger partial charge in [-0.2, -0.15) is 0 Å². The highest BCUT2D eigenvalue weighted by atomic mass is 16.7. The molecule has 2 aliphatic carbocycles. The SMILES string of the molecule is C[C@H]1CCC[C@@H](OC(=O)O[C@@H]2CCC[C@H](C)C2)C1. The van der Waals surface area contributed by atoms with E-state index in [2.05, 4.69) is 13.8 Å². The summed E-state index contributed by atoms with van der Waals surface area (Å²) in [5, 5.41) is 0. The molecule has 2 fully saturated rings. The minimum absolute atomic E-state index is 0.0854. The lowest BCUT2D eigenvalue weighted by Gasteiger charge is -2.29. The van der Waals surface area contributed by atoms with Crippen LogP contribution in [0.4, 0.5) is 4.79 Å². The lowest BCUT2D eigenvalue weighted by molar-refractivity contribution is -0.0277. The average Bonchev–Trinajstić information content (AvgIpc) is 2.28. The second-order valence-corrected chi connectivity index (χ2v) is 6.27. The molecule has 0 heterocycles. The zero-order valence-electron chi connectivity index (χ0n) is 11.7. The van der Waals surface area contributed by atoms with Gasteiger partial charge >= 0.3 is 6.16 Å². The van der Waals surface area contributed by atoms with Gasteiger partial charge in [0.2, 0.25) is 0 Å². The molecule has 3 nitrogen and oxygen atoms in total. The number of hydrogen-bond acceptors (Lipinski definition) is 3. The van der Waals surface area contributed by atoms with E-state index >= 15 is 0 Å². The summed E-state index contributed by atoms with van der Waals surface area (Å²) in [6.45, 7) is 4.45. The van der Waals surface area contributed by atoms with Gasteiger partial charge in [-0.25, -0.2) is 4.79 Å². The Hall–Kier alpha value is -0.730. The smallest absolute Gasteiger partial charge is 0.431 e.